The molecule has 0 amide bonds. The van der Waals surface area contributed by atoms with Crippen molar-refractivity contribution in [3.63, 3.8) is 0 Å². The summed E-state index contributed by atoms with van der Waals surface area (Å²) in [5.74, 6) is 0.705. The van der Waals surface area contributed by atoms with Crippen LogP contribution in [0.15, 0.2) is 24.4 Å². The van der Waals surface area contributed by atoms with Gasteiger partial charge in [-0.2, -0.15) is 0 Å². The zero-order valence-electron chi connectivity index (χ0n) is 6.96. The van der Waals surface area contributed by atoms with Gasteiger partial charge in [0.2, 0.25) is 5.88 Å². The molecule has 0 aliphatic carbocycles. The molecule has 0 saturated carbocycles. The minimum Gasteiger partial charge on any atom is -0.472 e. The maximum Gasteiger partial charge on any atom is 0.213 e. The average Bonchev–Trinajstić information content (AvgIpc) is 2.12. The molecule has 2 rings (SSSR count). The number of hydrogen-bond acceptors (Lipinski definition) is 5. The first-order valence-corrected chi connectivity index (χ1v) is 5.85. The highest BCUT2D eigenvalue weighted by molar-refractivity contribution is 8.67. The van der Waals surface area contributed by atoms with E-state index in [9.17, 15) is 0 Å². The summed E-state index contributed by atoms with van der Waals surface area (Å²) < 4.78 is 7.70. The van der Waals surface area contributed by atoms with Crippen molar-refractivity contribution in [2.75, 3.05) is 13.1 Å². The molecule has 0 radical (unpaired) electrons. The van der Waals surface area contributed by atoms with Crippen molar-refractivity contribution in [2.24, 2.45) is 0 Å². The van der Waals surface area contributed by atoms with E-state index in [-0.39, 0.29) is 6.10 Å². The fraction of sp³-hybridized carbons (Fsp3) is 0.375. The van der Waals surface area contributed by atoms with Gasteiger partial charge in [-0.15, -0.1) is 0 Å². The van der Waals surface area contributed by atoms with E-state index in [4.69, 9.17) is 4.74 Å². The smallest absolute Gasteiger partial charge is 0.213 e. The number of hydrogen-bond donors (Lipinski definition) is 1. The highest BCUT2D eigenvalue weighted by atomic mass is 33.1. The molecule has 1 aromatic rings. The second-order valence-corrected chi connectivity index (χ2v) is 4.01. The second-order valence-electron chi connectivity index (χ2n) is 2.84. The van der Waals surface area contributed by atoms with Crippen LogP contribution in [0.3, 0.4) is 0 Å². The molecule has 5 heteroatoms. The predicted molar refractivity (Wildman–Crippen MR) is 56.8 cm³/mol. The van der Waals surface area contributed by atoms with Gasteiger partial charge in [-0.25, -0.2) is 9.29 Å². The summed E-state index contributed by atoms with van der Waals surface area (Å²) in [5.41, 5.74) is 0. The highest BCUT2D eigenvalue weighted by Gasteiger charge is 2.28. The van der Waals surface area contributed by atoms with Gasteiger partial charge in [0, 0.05) is 25.4 Å². The summed E-state index contributed by atoms with van der Waals surface area (Å²) in [6, 6.07) is 5.67. The van der Waals surface area contributed by atoms with Gasteiger partial charge in [0.1, 0.15) is 6.10 Å². The predicted octanol–water partition coefficient (Wildman–Crippen LogP) is 1.64. The minimum atomic E-state index is 0.273. The normalized spacial score (nSPS) is 18.2. The molecule has 3 nitrogen and oxygen atoms in total. The Morgan fingerprint density at radius 1 is 1.54 bits per heavy atom. The van der Waals surface area contributed by atoms with Crippen LogP contribution in [0.25, 0.3) is 0 Å². The fourth-order valence-corrected chi connectivity index (χ4v) is 2.00. The van der Waals surface area contributed by atoms with Gasteiger partial charge < -0.3 is 4.74 Å². The van der Waals surface area contributed by atoms with Crippen molar-refractivity contribution in [3.05, 3.63) is 24.4 Å². The molecule has 0 aromatic carbocycles. The molecule has 1 aliphatic rings. The van der Waals surface area contributed by atoms with Crippen LogP contribution in [0, 0.1) is 0 Å². The number of aromatic nitrogens is 1. The third-order valence-corrected chi connectivity index (χ3v) is 3.08. The summed E-state index contributed by atoms with van der Waals surface area (Å²) in [6.07, 6.45) is 2.01. The van der Waals surface area contributed by atoms with Gasteiger partial charge in [0.15, 0.2) is 0 Å². The summed E-state index contributed by atoms with van der Waals surface area (Å²) in [7, 11) is 1.45. The number of nitrogens with zero attached hydrogens (tertiary/aromatic N) is 2. The molecule has 1 fully saturated rings. The third kappa shape index (κ3) is 2.30. The van der Waals surface area contributed by atoms with Crippen LogP contribution >= 0.6 is 22.6 Å². The Morgan fingerprint density at radius 3 is 3.00 bits per heavy atom. The van der Waals surface area contributed by atoms with Crippen LogP contribution in [-0.4, -0.2) is 28.5 Å². The van der Waals surface area contributed by atoms with Gasteiger partial charge in [0.05, 0.1) is 0 Å². The topological polar surface area (TPSA) is 25.4 Å². The van der Waals surface area contributed by atoms with Crippen LogP contribution in [-0.2, 0) is 0 Å². The van der Waals surface area contributed by atoms with Crippen LogP contribution < -0.4 is 4.74 Å². The molecule has 1 aromatic heterocycles. The first-order chi connectivity index (χ1) is 6.38. The molecule has 70 valence electrons. The van der Waals surface area contributed by atoms with E-state index < -0.39 is 0 Å². The minimum absolute atomic E-state index is 0.273. The zero-order chi connectivity index (χ0) is 9.10. The van der Waals surface area contributed by atoms with Gasteiger partial charge in [-0.3, -0.25) is 0 Å². The third-order valence-electron chi connectivity index (χ3n) is 1.86. The van der Waals surface area contributed by atoms with Gasteiger partial charge in [-0.1, -0.05) is 17.7 Å². The van der Waals surface area contributed by atoms with Crippen molar-refractivity contribution in [2.45, 2.75) is 6.10 Å². The SMILES string of the molecule is SSN1CC(Oc2ccccn2)C1. The second kappa shape index (κ2) is 4.21. The largest absolute Gasteiger partial charge is 0.472 e. The molecule has 0 N–H and O–H groups in total. The lowest BCUT2D eigenvalue weighted by molar-refractivity contribution is 0.0804. The first kappa shape index (κ1) is 9.18. The molecule has 0 bridgehead atoms. The average molecular weight is 214 g/mol. The number of rotatable bonds is 3. The molecule has 2 heterocycles. The lowest BCUT2D eigenvalue weighted by atomic mass is 10.2. The number of ether oxygens (including phenoxy) is 1. The Labute approximate surface area is 86.4 Å². The Balaban J connectivity index is 1.81. The molecule has 1 aliphatic heterocycles. The molecule has 13 heavy (non-hydrogen) atoms. The van der Waals surface area contributed by atoms with Gasteiger partial charge in [0.25, 0.3) is 0 Å². The molecule has 0 unspecified atom stereocenters. The quantitative estimate of drug-likeness (QED) is 0.470. The van der Waals surface area contributed by atoms with E-state index in [0.29, 0.717) is 5.88 Å². The van der Waals surface area contributed by atoms with Crippen molar-refractivity contribution < 1.29 is 4.74 Å². The van der Waals surface area contributed by atoms with Crippen molar-refractivity contribution in [3.8, 4) is 5.88 Å². The molecule has 1 saturated heterocycles. The van der Waals surface area contributed by atoms with Crippen molar-refractivity contribution in [1.82, 2.24) is 9.29 Å². The molecular weight excluding hydrogens is 204 g/mol. The van der Waals surface area contributed by atoms with Gasteiger partial charge in [-0.05, 0) is 17.0 Å². The Hall–Kier alpha value is -0.390. The van der Waals surface area contributed by atoms with Crippen LogP contribution in [0.4, 0.5) is 0 Å². The summed E-state index contributed by atoms with van der Waals surface area (Å²) in [5, 5.41) is 0. The number of thiol groups is 1. The molecule has 0 spiro atoms. The summed E-state index contributed by atoms with van der Waals surface area (Å²) in [6.45, 7) is 1.84. The Morgan fingerprint density at radius 2 is 2.38 bits per heavy atom. The molecule has 0 atom stereocenters. The lowest BCUT2D eigenvalue weighted by Gasteiger charge is -2.35. The highest BCUT2D eigenvalue weighted by Crippen LogP contribution is 2.24. The van der Waals surface area contributed by atoms with Crippen molar-refractivity contribution >= 4 is 22.6 Å². The zero-order valence-corrected chi connectivity index (χ0v) is 8.67. The Bertz CT molecular complexity index is 264. The fourth-order valence-electron chi connectivity index (χ4n) is 1.13. The summed E-state index contributed by atoms with van der Waals surface area (Å²) in [4.78, 5) is 4.08. The van der Waals surface area contributed by atoms with E-state index in [1.54, 1.807) is 6.20 Å². The monoisotopic (exact) mass is 214 g/mol. The van der Waals surface area contributed by atoms with Crippen LogP contribution in [0.2, 0.25) is 0 Å². The van der Waals surface area contributed by atoms with E-state index in [0.717, 1.165) is 13.1 Å². The van der Waals surface area contributed by atoms with E-state index in [1.807, 2.05) is 18.2 Å². The lowest BCUT2D eigenvalue weighted by Crippen LogP contribution is -2.49. The van der Waals surface area contributed by atoms with E-state index >= 15 is 0 Å². The van der Waals surface area contributed by atoms with Gasteiger partial charge >= 0.3 is 0 Å². The standard InChI is InChI=1S/C8H10N2OS2/c12-13-10-5-7(6-10)11-8-3-1-2-4-9-8/h1-4,7,12H,5-6H2. The first-order valence-electron chi connectivity index (χ1n) is 4.02. The maximum absolute atomic E-state index is 5.58. The van der Waals surface area contributed by atoms with E-state index in [1.165, 1.54) is 11.0 Å². The van der Waals surface area contributed by atoms with Crippen LogP contribution in [0.5, 0.6) is 5.88 Å². The van der Waals surface area contributed by atoms with E-state index in [2.05, 4.69) is 20.9 Å². The number of pyridine rings is 1. The molecular formula is C8H10N2OS2. The maximum atomic E-state index is 5.58. The van der Waals surface area contributed by atoms with Crippen molar-refractivity contribution in [1.29, 1.82) is 0 Å². The Kier molecular flexibility index (Phi) is 2.97. The van der Waals surface area contributed by atoms with Crippen LogP contribution in [0.1, 0.15) is 0 Å². The summed E-state index contributed by atoms with van der Waals surface area (Å²) >= 11 is 4.09.